The van der Waals surface area contributed by atoms with E-state index in [9.17, 15) is 4.79 Å². The average molecular weight is 349 g/mol. The molecule has 1 N–H and O–H groups in total. The van der Waals surface area contributed by atoms with E-state index in [0.717, 1.165) is 21.9 Å². The lowest BCUT2D eigenvalue weighted by atomic mass is 10.1. The van der Waals surface area contributed by atoms with Crippen molar-refractivity contribution in [3.63, 3.8) is 0 Å². The number of hydrogen-bond acceptors (Lipinski definition) is 1. The molecular formula is C12H15Br2NO. The monoisotopic (exact) mass is 347 g/mol. The maximum Gasteiger partial charge on any atom is 0.224 e. The number of benzene rings is 1. The number of rotatable bonds is 5. The summed E-state index contributed by atoms with van der Waals surface area (Å²) in [6.07, 6.45) is 0.439. The molecular weight excluding hydrogens is 334 g/mol. The van der Waals surface area contributed by atoms with Crippen LogP contribution in [-0.2, 0) is 11.2 Å². The molecule has 0 bridgehead atoms. The van der Waals surface area contributed by atoms with Crippen LogP contribution in [0.15, 0.2) is 28.7 Å². The molecule has 0 heterocycles. The fourth-order valence-electron chi connectivity index (χ4n) is 1.24. The highest BCUT2D eigenvalue weighted by Gasteiger charge is 2.05. The van der Waals surface area contributed by atoms with Crippen LogP contribution in [0, 0.1) is 5.92 Å². The highest BCUT2D eigenvalue weighted by atomic mass is 79.9. The fraction of sp³-hybridized carbons (Fsp3) is 0.417. The van der Waals surface area contributed by atoms with Crippen LogP contribution < -0.4 is 5.32 Å². The molecule has 1 aromatic rings. The summed E-state index contributed by atoms with van der Waals surface area (Å²) in [7, 11) is 0. The van der Waals surface area contributed by atoms with Crippen molar-refractivity contribution < 1.29 is 4.79 Å². The first-order chi connectivity index (χ1) is 7.61. The number of hydrogen-bond donors (Lipinski definition) is 1. The van der Waals surface area contributed by atoms with Gasteiger partial charge in [-0.2, -0.15) is 0 Å². The molecule has 1 rings (SSSR count). The molecule has 0 radical (unpaired) electrons. The third-order valence-corrected chi connectivity index (χ3v) is 3.76. The highest BCUT2D eigenvalue weighted by molar-refractivity contribution is 9.10. The van der Waals surface area contributed by atoms with E-state index in [0.29, 0.717) is 12.3 Å². The van der Waals surface area contributed by atoms with Crippen LogP contribution >= 0.6 is 31.9 Å². The van der Waals surface area contributed by atoms with Crippen molar-refractivity contribution in [3.05, 3.63) is 34.3 Å². The number of carbonyl (C=O) groups is 1. The highest BCUT2D eigenvalue weighted by Crippen LogP contribution is 2.11. The van der Waals surface area contributed by atoms with Gasteiger partial charge in [-0.05, 0) is 23.6 Å². The molecule has 0 saturated carbocycles. The third kappa shape index (κ3) is 5.12. The molecule has 2 nitrogen and oxygen atoms in total. The SMILES string of the molecule is CC(CBr)CNC(=O)Cc1cccc(Br)c1. The van der Waals surface area contributed by atoms with E-state index >= 15 is 0 Å². The molecule has 4 heteroatoms. The molecule has 0 spiro atoms. The third-order valence-electron chi connectivity index (χ3n) is 2.16. The predicted octanol–water partition coefficient (Wildman–Crippen LogP) is 3.14. The van der Waals surface area contributed by atoms with Crippen molar-refractivity contribution >= 4 is 37.8 Å². The van der Waals surface area contributed by atoms with Gasteiger partial charge in [-0.25, -0.2) is 0 Å². The van der Waals surface area contributed by atoms with Crippen molar-refractivity contribution in [2.24, 2.45) is 5.92 Å². The minimum atomic E-state index is 0.0749. The van der Waals surface area contributed by atoms with E-state index in [4.69, 9.17) is 0 Å². The lowest BCUT2D eigenvalue weighted by Gasteiger charge is -2.09. The minimum absolute atomic E-state index is 0.0749. The fourth-order valence-corrected chi connectivity index (χ4v) is 1.91. The molecule has 1 atom stereocenters. The first-order valence-corrected chi connectivity index (χ1v) is 7.10. The number of halogens is 2. The quantitative estimate of drug-likeness (QED) is 0.814. The maximum atomic E-state index is 11.6. The zero-order valence-electron chi connectivity index (χ0n) is 9.17. The summed E-state index contributed by atoms with van der Waals surface area (Å²) < 4.78 is 1.01. The molecule has 16 heavy (non-hydrogen) atoms. The summed E-state index contributed by atoms with van der Waals surface area (Å²) >= 11 is 6.77. The van der Waals surface area contributed by atoms with Crippen molar-refractivity contribution in [2.45, 2.75) is 13.3 Å². The van der Waals surface area contributed by atoms with Crippen molar-refractivity contribution in [2.75, 3.05) is 11.9 Å². The van der Waals surface area contributed by atoms with Crippen LogP contribution in [-0.4, -0.2) is 17.8 Å². The first-order valence-electron chi connectivity index (χ1n) is 5.19. The lowest BCUT2D eigenvalue weighted by molar-refractivity contribution is -0.120. The molecule has 0 aliphatic carbocycles. The minimum Gasteiger partial charge on any atom is -0.356 e. The summed E-state index contributed by atoms with van der Waals surface area (Å²) in [5.74, 6) is 0.539. The topological polar surface area (TPSA) is 29.1 Å². The van der Waals surface area contributed by atoms with Gasteiger partial charge >= 0.3 is 0 Å². The van der Waals surface area contributed by atoms with Gasteiger partial charge in [0.15, 0.2) is 0 Å². The molecule has 88 valence electrons. The predicted molar refractivity (Wildman–Crippen MR) is 73.8 cm³/mol. The van der Waals surface area contributed by atoms with Gasteiger partial charge in [-0.3, -0.25) is 4.79 Å². The average Bonchev–Trinajstić information content (AvgIpc) is 2.26. The van der Waals surface area contributed by atoms with Crippen LogP contribution in [0.1, 0.15) is 12.5 Å². The van der Waals surface area contributed by atoms with E-state index in [1.165, 1.54) is 0 Å². The van der Waals surface area contributed by atoms with Crippen molar-refractivity contribution in [1.29, 1.82) is 0 Å². The van der Waals surface area contributed by atoms with E-state index in [1.54, 1.807) is 0 Å². The first kappa shape index (κ1) is 13.7. The Bertz CT molecular complexity index is 355. The van der Waals surface area contributed by atoms with Crippen molar-refractivity contribution in [1.82, 2.24) is 5.32 Å². The zero-order chi connectivity index (χ0) is 12.0. The van der Waals surface area contributed by atoms with Gasteiger partial charge in [-0.15, -0.1) is 0 Å². The maximum absolute atomic E-state index is 11.6. The van der Waals surface area contributed by atoms with Crippen LogP contribution in [0.4, 0.5) is 0 Å². The normalized spacial score (nSPS) is 12.2. The molecule has 1 amide bonds. The van der Waals surface area contributed by atoms with Gasteiger partial charge in [0, 0.05) is 16.3 Å². The summed E-state index contributed by atoms with van der Waals surface area (Å²) in [4.78, 5) is 11.6. The van der Waals surface area contributed by atoms with E-state index < -0.39 is 0 Å². The largest absolute Gasteiger partial charge is 0.356 e. The number of amides is 1. The van der Waals surface area contributed by atoms with Crippen LogP contribution in [0.2, 0.25) is 0 Å². The second-order valence-electron chi connectivity index (χ2n) is 3.87. The second kappa shape index (κ2) is 7.07. The Morgan fingerprint density at radius 3 is 2.88 bits per heavy atom. The molecule has 1 unspecified atom stereocenters. The molecule has 0 aliphatic heterocycles. The van der Waals surface area contributed by atoms with E-state index in [2.05, 4.69) is 44.1 Å². The Hall–Kier alpha value is -0.350. The van der Waals surface area contributed by atoms with Crippen LogP contribution in [0.5, 0.6) is 0 Å². The zero-order valence-corrected chi connectivity index (χ0v) is 12.3. The molecule has 0 aromatic heterocycles. The summed E-state index contributed by atoms with van der Waals surface area (Å²) in [5, 5.41) is 3.82. The number of carbonyl (C=O) groups excluding carboxylic acids is 1. The Kier molecular flexibility index (Phi) is 6.06. The Morgan fingerprint density at radius 2 is 2.25 bits per heavy atom. The van der Waals surface area contributed by atoms with Gasteiger partial charge in [0.25, 0.3) is 0 Å². The summed E-state index contributed by atoms with van der Waals surface area (Å²) in [6.45, 7) is 2.81. The molecule has 0 aliphatic rings. The Labute approximate surface area is 113 Å². The number of alkyl halides is 1. The van der Waals surface area contributed by atoms with Gasteiger partial charge in [0.1, 0.15) is 0 Å². The number of nitrogens with one attached hydrogen (secondary N) is 1. The summed E-state index contributed by atoms with van der Waals surface area (Å²) in [6, 6.07) is 7.81. The van der Waals surface area contributed by atoms with E-state index in [-0.39, 0.29) is 5.91 Å². The standard InChI is InChI=1S/C12H15Br2NO/c1-9(7-13)8-15-12(16)6-10-3-2-4-11(14)5-10/h2-5,9H,6-8H2,1H3,(H,15,16). The molecule has 0 fully saturated rings. The van der Waals surface area contributed by atoms with Crippen molar-refractivity contribution in [3.8, 4) is 0 Å². The Balaban J connectivity index is 2.40. The van der Waals surface area contributed by atoms with Crippen LogP contribution in [0.25, 0.3) is 0 Å². The van der Waals surface area contributed by atoms with E-state index in [1.807, 2.05) is 24.3 Å². The van der Waals surface area contributed by atoms with Gasteiger partial charge in [0.05, 0.1) is 6.42 Å². The van der Waals surface area contributed by atoms with Gasteiger partial charge < -0.3 is 5.32 Å². The smallest absolute Gasteiger partial charge is 0.224 e. The van der Waals surface area contributed by atoms with Gasteiger partial charge in [0.2, 0.25) is 5.91 Å². The Morgan fingerprint density at radius 1 is 1.50 bits per heavy atom. The second-order valence-corrected chi connectivity index (χ2v) is 5.43. The molecule has 1 aromatic carbocycles. The van der Waals surface area contributed by atoms with Gasteiger partial charge in [-0.1, -0.05) is 50.9 Å². The lowest BCUT2D eigenvalue weighted by Crippen LogP contribution is -2.30. The molecule has 0 saturated heterocycles. The van der Waals surface area contributed by atoms with Crippen LogP contribution in [0.3, 0.4) is 0 Å². The summed E-state index contributed by atoms with van der Waals surface area (Å²) in [5.41, 5.74) is 1.03.